The molecule has 0 nitrogen and oxygen atoms in total. The van der Waals surface area contributed by atoms with Crippen LogP contribution >= 0.6 is 0 Å². The lowest BCUT2D eigenvalue weighted by molar-refractivity contribution is 0.495. The van der Waals surface area contributed by atoms with Crippen molar-refractivity contribution in [3.63, 3.8) is 0 Å². The Kier molecular flexibility index (Phi) is 10.9. The second kappa shape index (κ2) is 13.8. The van der Waals surface area contributed by atoms with E-state index in [1.807, 2.05) is 0 Å². The molecule has 1 aliphatic rings. The zero-order valence-corrected chi connectivity index (χ0v) is 33.0. The third-order valence-electron chi connectivity index (χ3n) is 10.5. The molecule has 0 bridgehead atoms. The van der Waals surface area contributed by atoms with Crippen molar-refractivity contribution < 1.29 is 0 Å². The molecule has 0 aromatic heterocycles. The van der Waals surface area contributed by atoms with E-state index >= 15 is 0 Å². The van der Waals surface area contributed by atoms with Gasteiger partial charge in [-0.2, -0.15) is 0 Å². The van der Waals surface area contributed by atoms with Gasteiger partial charge in [0, 0.05) is 5.54 Å². The Hall–Kier alpha value is -2.64. The summed E-state index contributed by atoms with van der Waals surface area (Å²) in [5.74, 6) is 2.76. The van der Waals surface area contributed by atoms with E-state index in [0.29, 0.717) is 41.0 Å². The van der Waals surface area contributed by atoms with E-state index in [4.69, 9.17) is 0 Å². The zero-order chi connectivity index (χ0) is 34.3. The molecule has 3 aromatic carbocycles. The Balaban J connectivity index is 2.37. The summed E-state index contributed by atoms with van der Waals surface area (Å²) in [6.45, 7) is 35.7. The number of benzene rings is 3. The molecule has 248 valence electrons. The molecule has 0 fully saturated rings. The molecule has 0 N–H and O–H groups in total. The third kappa shape index (κ3) is 7.11. The van der Waals surface area contributed by atoms with Crippen LogP contribution in [-0.2, 0) is 0 Å². The van der Waals surface area contributed by atoms with Crippen LogP contribution in [0, 0.1) is 5.41 Å². The maximum atomic E-state index is 2.64. The molecule has 1 atom stereocenters. The van der Waals surface area contributed by atoms with E-state index in [1.54, 1.807) is 21.1 Å². The smallest absolute Gasteiger partial charge is 0.0790 e. The summed E-state index contributed by atoms with van der Waals surface area (Å²) in [6, 6.07) is 23.3. The minimum atomic E-state index is -2.78. The highest BCUT2D eigenvalue weighted by molar-refractivity contribution is 7.13. The molecule has 0 amide bonds. The van der Waals surface area contributed by atoms with Crippen molar-refractivity contribution in [1.29, 1.82) is 0 Å². The van der Waals surface area contributed by atoms with Gasteiger partial charge in [0.25, 0.3) is 0 Å². The highest BCUT2D eigenvalue weighted by Gasteiger charge is 2.50. The minimum absolute atomic E-state index is 0.0516. The van der Waals surface area contributed by atoms with Crippen LogP contribution in [-0.4, -0.2) is 8.07 Å². The van der Waals surface area contributed by atoms with Gasteiger partial charge in [-0.25, -0.2) is 0 Å². The second-order valence-electron chi connectivity index (χ2n) is 17.1. The molecule has 0 aliphatic heterocycles. The molecule has 0 saturated heterocycles. The predicted molar refractivity (Wildman–Crippen MR) is 209 cm³/mol. The first-order valence-electron chi connectivity index (χ1n) is 18.2. The third-order valence-corrected chi connectivity index (χ3v) is 15.6. The van der Waals surface area contributed by atoms with Crippen molar-refractivity contribution in [2.24, 2.45) is 5.41 Å². The summed E-state index contributed by atoms with van der Waals surface area (Å²) >= 11 is 0. The highest BCUT2D eigenvalue weighted by atomic mass is 28.3. The summed E-state index contributed by atoms with van der Waals surface area (Å²) in [4.78, 5) is 0. The number of allylic oxidation sites excluding steroid dienone is 4. The van der Waals surface area contributed by atoms with Crippen molar-refractivity contribution in [2.45, 2.75) is 145 Å². The van der Waals surface area contributed by atoms with Gasteiger partial charge >= 0.3 is 0 Å². The first-order valence-corrected chi connectivity index (χ1v) is 20.3. The summed E-state index contributed by atoms with van der Waals surface area (Å²) in [7, 11) is -2.78. The minimum Gasteiger partial charge on any atom is -0.0790 e. The van der Waals surface area contributed by atoms with Crippen LogP contribution in [0.5, 0.6) is 0 Å². The van der Waals surface area contributed by atoms with E-state index in [2.05, 4.69) is 177 Å². The van der Waals surface area contributed by atoms with E-state index in [0.717, 1.165) is 0 Å². The Morgan fingerprint density at radius 1 is 0.435 bits per heavy atom. The monoisotopic (exact) mass is 632 g/mol. The van der Waals surface area contributed by atoms with E-state index < -0.39 is 8.07 Å². The van der Waals surface area contributed by atoms with Crippen LogP contribution in [0.15, 0.2) is 78.4 Å². The lowest BCUT2D eigenvalue weighted by Gasteiger charge is -2.44. The van der Waals surface area contributed by atoms with Crippen molar-refractivity contribution in [2.75, 3.05) is 0 Å². The predicted octanol–water partition coefficient (Wildman–Crippen LogP) is 11.8. The van der Waals surface area contributed by atoms with Crippen LogP contribution in [0.2, 0.25) is 5.54 Å². The molecule has 0 heterocycles. The number of hydrogen-bond acceptors (Lipinski definition) is 0. The SMILES string of the molecule is CC(C)c1cc(C(C)C)cc([Si](c2cc(C(C)C)cc(C(C)C)c2)(c2cc(C(C)C)cc(C(C)C)c2)C2C=CC=C2C(C)(C)C)c1. The van der Waals surface area contributed by atoms with E-state index in [1.165, 1.54) is 33.4 Å². The van der Waals surface area contributed by atoms with Gasteiger partial charge in [-0.1, -0.05) is 182 Å². The maximum Gasteiger partial charge on any atom is 0.159 e. The fourth-order valence-corrected chi connectivity index (χ4v) is 13.2. The van der Waals surface area contributed by atoms with E-state index in [9.17, 15) is 0 Å². The van der Waals surface area contributed by atoms with Crippen molar-refractivity contribution in [3.05, 3.63) is 112 Å². The summed E-state index contributed by atoms with van der Waals surface area (Å²) in [6.07, 6.45) is 7.44. The Labute approximate surface area is 284 Å². The molecule has 1 aliphatic carbocycles. The van der Waals surface area contributed by atoms with Gasteiger partial charge in [-0.05, 0) is 89.9 Å². The van der Waals surface area contributed by atoms with Crippen molar-refractivity contribution >= 4 is 23.6 Å². The molecule has 0 radical (unpaired) electrons. The molecule has 3 aromatic rings. The van der Waals surface area contributed by atoms with Gasteiger partial charge in [0.2, 0.25) is 0 Å². The van der Waals surface area contributed by atoms with Crippen LogP contribution in [0.3, 0.4) is 0 Å². The normalized spacial score (nSPS) is 15.8. The molecule has 46 heavy (non-hydrogen) atoms. The Bertz CT molecular complexity index is 1350. The molecule has 1 heteroatoms. The van der Waals surface area contributed by atoms with Crippen molar-refractivity contribution in [1.82, 2.24) is 0 Å². The maximum absolute atomic E-state index is 2.78. The average Bonchev–Trinajstić information content (AvgIpc) is 3.48. The topological polar surface area (TPSA) is 0 Å². The lowest BCUT2D eigenvalue weighted by atomic mass is 9.85. The lowest BCUT2D eigenvalue weighted by Crippen LogP contribution is -2.70. The molecular formula is C45H64Si. The standard InChI is InChI=1S/C45H64Si/c1-28(2)34-19-35(29(3)4)23-40(22-34)46(44-18-16-17-43(44)45(13,14)15,41-24-36(30(5)6)20-37(25-41)31(7)8)42-26-38(32(9)10)21-39(27-42)33(11)12/h16-33,44H,1-15H3. The summed E-state index contributed by atoms with van der Waals surface area (Å²) < 4.78 is 0. The first kappa shape index (κ1) is 36.2. The van der Waals surface area contributed by atoms with Gasteiger partial charge < -0.3 is 0 Å². The summed E-state index contributed by atoms with van der Waals surface area (Å²) in [5.41, 5.74) is 10.7. The Morgan fingerprint density at radius 3 is 0.913 bits per heavy atom. The first-order chi connectivity index (χ1) is 21.4. The quantitative estimate of drug-likeness (QED) is 0.154. The largest absolute Gasteiger partial charge is 0.159 e. The molecule has 0 spiro atoms. The molecular weight excluding hydrogens is 569 g/mol. The van der Waals surface area contributed by atoms with Crippen molar-refractivity contribution in [3.8, 4) is 0 Å². The average molecular weight is 633 g/mol. The number of hydrogen-bond donors (Lipinski definition) is 0. The molecule has 4 rings (SSSR count). The molecule has 0 saturated carbocycles. The van der Waals surface area contributed by atoms with Crippen LogP contribution in [0.4, 0.5) is 0 Å². The Morgan fingerprint density at radius 2 is 0.696 bits per heavy atom. The van der Waals surface area contributed by atoms with Gasteiger partial charge in [0.1, 0.15) is 0 Å². The van der Waals surface area contributed by atoms with E-state index in [-0.39, 0.29) is 5.41 Å². The van der Waals surface area contributed by atoms with Crippen LogP contribution < -0.4 is 15.6 Å². The highest BCUT2D eigenvalue weighted by Crippen LogP contribution is 2.45. The summed E-state index contributed by atoms with van der Waals surface area (Å²) in [5, 5.41) is 4.71. The van der Waals surface area contributed by atoms with Gasteiger partial charge in [-0.3, -0.25) is 0 Å². The van der Waals surface area contributed by atoms with Crippen LogP contribution in [0.1, 0.15) is 173 Å². The fraction of sp³-hybridized carbons (Fsp3) is 0.511. The zero-order valence-electron chi connectivity index (χ0n) is 32.0. The number of rotatable bonds is 10. The van der Waals surface area contributed by atoms with Crippen LogP contribution in [0.25, 0.3) is 0 Å². The van der Waals surface area contributed by atoms with Gasteiger partial charge in [0.15, 0.2) is 8.07 Å². The second-order valence-corrected chi connectivity index (χ2v) is 21.1. The molecule has 1 unspecified atom stereocenters. The van der Waals surface area contributed by atoms with Gasteiger partial charge in [0.05, 0.1) is 0 Å². The fourth-order valence-electron chi connectivity index (χ4n) is 7.32. The van der Waals surface area contributed by atoms with Gasteiger partial charge in [-0.15, -0.1) is 0 Å².